The number of nitrogens with two attached hydrogens (primary N) is 1. The van der Waals surface area contributed by atoms with Crippen LogP contribution in [0, 0.1) is 0 Å². The molecule has 0 saturated heterocycles. The first-order valence-corrected chi connectivity index (χ1v) is 6.69. The van der Waals surface area contributed by atoms with E-state index in [1.54, 1.807) is 11.9 Å². The third-order valence-electron chi connectivity index (χ3n) is 3.47. The van der Waals surface area contributed by atoms with Crippen molar-refractivity contribution in [3.05, 3.63) is 35.4 Å². The number of rotatable bonds is 6. The Kier molecular flexibility index (Phi) is 5.99. The van der Waals surface area contributed by atoms with Gasteiger partial charge < -0.3 is 15.7 Å². The van der Waals surface area contributed by atoms with Gasteiger partial charge in [-0.05, 0) is 23.5 Å². The zero-order valence-corrected chi connectivity index (χ0v) is 12.0. The summed E-state index contributed by atoms with van der Waals surface area (Å²) in [6.07, 6.45) is 1.11. The Balaban J connectivity index is 2.65. The fourth-order valence-electron chi connectivity index (χ4n) is 1.90. The van der Waals surface area contributed by atoms with Gasteiger partial charge in [0, 0.05) is 13.6 Å². The summed E-state index contributed by atoms with van der Waals surface area (Å²) in [5.74, 6) is 0.310. The lowest BCUT2D eigenvalue weighted by Crippen LogP contribution is -2.43. The molecule has 19 heavy (non-hydrogen) atoms. The summed E-state index contributed by atoms with van der Waals surface area (Å²) in [7, 11) is 1.69. The molecule has 4 nitrogen and oxygen atoms in total. The van der Waals surface area contributed by atoms with Crippen molar-refractivity contribution in [2.75, 3.05) is 13.7 Å². The summed E-state index contributed by atoms with van der Waals surface area (Å²) < 4.78 is 0. The molecule has 106 valence electrons. The van der Waals surface area contributed by atoms with E-state index in [0.717, 1.165) is 12.0 Å². The molecule has 2 atom stereocenters. The molecule has 0 aliphatic carbocycles. The van der Waals surface area contributed by atoms with E-state index < -0.39 is 6.04 Å². The van der Waals surface area contributed by atoms with Crippen LogP contribution in [0.4, 0.5) is 0 Å². The van der Waals surface area contributed by atoms with Gasteiger partial charge >= 0.3 is 0 Å². The van der Waals surface area contributed by atoms with Crippen LogP contribution in [0.5, 0.6) is 0 Å². The van der Waals surface area contributed by atoms with Crippen molar-refractivity contribution in [3.8, 4) is 0 Å². The molecule has 0 radical (unpaired) electrons. The van der Waals surface area contributed by atoms with E-state index in [1.165, 1.54) is 5.56 Å². The standard InChI is InChI=1S/C15H24N2O2/c1-4-11(2)13-7-5-12(6-8-13)9-17(3)15(19)14(16)10-18/h5-8,11,14,18H,4,9-10,16H2,1-3H3. The largest absolute Gasteiger partial charge is 0.394 e. The first kappa shape index (κ1) is 15.7. The van der Waals surface area contributed by atoms with Crippen LogP contribution in [-0.4, -0.2) is 35.6 Å². The van der Waals surface area contributed by atoms with E-state index in [1.807, 2.05) is 12.1 Å². The Bertz CT molecular complexity index is 403. The molecule has 1 aromatic rings. The molecule has 1 rings (SSSR count). The van der Waals surface area contributed by atoms with Gasteiger partial charge in [-0.3, -0.25) is 4.79 Å². The van der Waals surface area contributed by atoms with E-state index >= 15 is 0 Å². The minimum absolute atomic E-state index is 0.242. The molecule has 0 aliphatic heterocycles. The maximum absolute atomic E-state index is 11.7. The maximum Gasteiger partial charge on any atom is 0.241 e. The van der Waals surface area contributed by atoms with Gasteiger partial charge in [-0.25, -0.2) is 0 Å². The van der Waals surface area contributed by atoms with E-state index in [4.69, 9.17) is 10.8 Å². The molecule has 0 saturated carbocycles. The normalized spacial score (nSPS) is 13.9. The van der Waals surface area contributed by atoms with E-state index in [0.29, 0.717) is 12.5 Å². The van der Waals surface area contributed by atoms with Crippen LogP contribution in [0.25, 0.3) is 0 Å². The number of carbonyl (C=O) groups excluding carboxylic acids is 1. The predicted octanol–water partition coefficient (Wildman–Crippen LogP) is 1.48. The Hall–Kier alpha value is -1.39. The first-order valence-electron chi connectivity index (χ1n) is 6.69. The summed E-state index contributed by atoms with van der Waals surface area (Å²) in [4.78, 5) is 13.3. The molecule has 3 N–H and O–H groups in total. The SMILES string of the molecule is CCC(C)c1ccc(CN(C)C(=O)C(N)CO)cc1. The van der Waals surface area contributed by atoms with Crippen molar-refractivity contribution in [2.45, 2.75) is 38.8 Å². The van der Waals surface area contributed by atoms with E-state index in [2.05, 4.69) is 26.0 Å². The van der Waals surface area contributed by atoms with Gasteiger partial charge in [-0.1, -0.05) is 38.1 Å². The Morgan fingerprint density at radius 3 is 2.42 bits per heavy atom. The fraction of sp³-hybridized carbons (Fsp3) is 0.533. The van der Waals surface area contributed by atoms with Crippen molar-refractivity contribution in [3.63, 3.8) is 0 Å². The molecule has 0 aromatic heterocycles. The summed E-state index contributed by atoms with van der Waals surface area (Å²) in [5.41, 5.74) is 7.89. The van der Waals surface area contributed by atoms with Crippen LogP contribution in [0.2, 0.25) is 0 Å². The van der Waals surface area contributed by atoms with Crippen LogP contribution in [0.3, 0.4) is 0 Å². The van der Waals surface area contributed by atoms with Crippen LogP contribution in [-0.2, 0) is 11.3 Å². The Morgan fingerprint density at radius 1 is 1.37 bits per heavy atom. The molecule has 0 heterocycles. The van der Waals surface area contributed by atoms with Gasteiger partial charge in [-0.15, -0.1) is 0 Å². The third kappa shape index (κ3) is 4.33. The minimum Gasteiger partial charge on any atom is -0.394 e. The van der Waals surface area contributed by atoms with Gasteiger partial charge in [0.05, 0.1) is 6.61 Å². The van der Waals surface area contributed by atoms with Gasteiger partial charge in [0.2, 0.25) is 5.91 Å². The molecule has 0 fully saturated rings. The van der Waals surface area contributed by atoms with Gasteiger partial charge in [0.1, 0.15) is 6.04 Å². The molecule has 0 bridgehead atoms. The molecule has 2 unspecified atom stereocenters. The van der Waals surface area contributed by atoms with Crippen LogP contribution >= 0.6 is 0 Å². The molecule has 0 spiro atoms. The molecular formula is C15H24N2O2. The molecule has 4 heteroatoms. The highest BCUT2D eigenvalue weighted by molar-refractivity contribution is 5.81. The van der Waals surface area contributed by atoms with Crippen molar-refractivity contribution in [2.24, 2.45) is 5.73 Å². The summed E-state index contributed by atoms with van der Waals surface area (Å²) >= 11 is 0. The second-order valence-electron chi connectivity index (χ2n) is 5.03. The van der Waals surface area contributed by atoms with Crippen LogP contribution in [0.15, 0.2) is 24.3 Å². The monoisotopic (exact) mass is 264 g/mol. The quantitative estimate of drug-likeness (QED) is 0.818. The number of aliphatic hydroxyl groups excluding tert-OH is 1. The maximum atomic E-state index is 11.7. The number of nitrogens with zero attached hydrogens (tertiary/aromatic N) is 1. The van der Waals surface area contributed by atoms with Crippen LogP contribution < -0.4 is 5.73 Å². The molecule has 0 aliphatic rings. The number of amides is 1. The highest BCUT2D eigenvalue weighted by Crippen LogP contribution is 2.19. The van der Waals surface area contributed by atoms with E-state index in [9.17, 15) is 4.79 Å². The average molecular weight is 264 g/mol. The second kappa shape index (κ2) is 7.26. The van der Waals surface area contributed by atoms with Gasteiger partial charge in [0.15, 0.2) is 0 Å². The predicted molar refractivity (Wildman–Crippen MR) is 76.7 cm³/mol. The molecule has 1 aromatic carbocycles. The highest BCUT2D eigenvalue weighted by Gasteiger charge is 2.17. The number of aliphatic hydroxyl groups is 1. The van der Waals surface area contributed by atoms with Crippen molar-refractivity contribution in [1.29, 1.82) is 0 Å². The minimum atomic E-state index is -0.829. The molecule has 1 amide bonds. The third-order valence-corrected chi connectivity index (χ3v) is 3.47. The number of benzene rings is 1. The van der Waals surface area contributed by atoms with Gasteiger partial charge in [-0.2, -0.15) is 0 Å². The Labute approximate surface area is 115 Å². The van der Waals surface area contributed by atoms with Gasteiger partial charge in [0.25, 0.3) is 0 Å². The second-order valence-corrected chi connectivity index (χ2v) is 5.03. The number of likely N-dealkylation sites (N-methyl/N-ethyl adjacent to an activating group) is 1. The topological polar surface area (TPSA) is 66.6 Å². The molecular weight excluding hydrogens is 240 g/mol. The van der Waals surface area contributed by atoms with Crippen molar-refractivity contribution >= 4 is 5.91 Å². The lowest BCUT2D eigenvalue weighted by atomic mass is 9.97. The van der Waals surface area contributed by atoms with E-state index in [-0.39, 0.29) is 12.5 Å². The highest BCUT2D eigenvalue weighted by atomic mass is 16.3. The zero-order valence-electron chi connectivity index (χ0n) is 12.0. The van der Waals surface area contributed by atoms with Crippen molar-refractivity contribution in [1.82, 2.24) is 4.90 Å². The number of carbonyl (C=O) groups is 1. The zero-order chi connectivity index (χ0) is 14.4. The smallest absolute Gasteiger partial charge is 0.241 e. The van der Waals surface area contributed by atoms with Crippen LogP contribution in [0.1, 0.15) is 37.3 Å². The first-order chi connectivity index (χ1) is 8.99. The number of hydrogen-bond donors (Lipinski definition) is 2. The summed E-state index contributed by atoms with van der Waals surface area (Å²) in [5, 5.41) is 8.87. The number of hydrogen-bond acceptors (Lipinski definition) is 3. The lowest BCUT2D eigenvalue weighted by molar-refractivity contribution is -0.132. The summed E-state index contributed by atoms with van der Waals surface area (Å²) in [6, 6.07) is 7.46. The lowest BCUT2D eigenvalue weighted by Gasteiger charge is -2.20. The fourth-order valence-corrected chi connectivity index (χ4v) is 1.90. The Morgan fingerprint density at radius 2 is 1.95 bits per heavy atom. The average Bonchev–Trinajstić information content (AvgIpc) is 2.45. The van der Waals surface area contributed by atoms with Crippen molar-refractivity contribution < 1.29 is 9.90 Å². The summed E-state index contributed by atoms with van der Waals surface area (Å²) in [6.45, 7) is 4.55.